The fourth-order valence-corrected chi connectivity index (χ4v) is 3.54. The minimum atomic E-state index is -0.273. The number of carbonyl (C=O) groups is 1. The Morgan fingerprint density at radius 1 is 1.20 bits per heavy atom. The first-order valence-corrected chi connectivity index (χ1v) is 9.21. The lowest BCUT2D eigenvalue weighted by atomic mass is 10.1. The van der Waals surface area contributed by atoms with Crippen molar-refractivity contribution < 1.29 is 4.79 Å². The molecule has 1 atom stereocenters. The summed E-state index contributed by atoms with van der Waals surface area (Å²) >= 11 is 0. The van der Waals surface area contributed by atoms with Gasteiger partial charge in [-0.2, -0.15) is 0 Å². The summed E-state index contributed by atoms with van der Waals surface area (Å²) in [5, 5.41) is 0. The van der Waals surface area contributed by atoms with Crippen LogP contribution in [0.15, 0.2) is 42.5 Å². The fourth-order valence-electron chi connectivity index (χ4n) is 3.54. The van der Waals surface area contributed by atoms with Gasteiger partial charge in [0.2, 0.25) is 5.91 Å². The van der Waals surface area contributed by atoms with Gasteiger partial charge in [0.1, 0.15) is 0 Å². The Bertz CT molecular complexity index is 711. The van der Waals surface area contributed by atoms with Crippen molar-refractivity contribution in [1.29, 1.82) is 0 Å². The number of benzene rings is 1. The number of likely N-dealkylation sites (tertiary alicyclic amines) is 1. The van der Waals surface area contributed by atoms with E-state index < -0.39 is 0 Å². The quantitative estimate of drug-likeness (QED) is 0.842. The summed E-state index contributed by atoms with van der Waals surface area (Å²) in [6.45, 7) is 4.25. The van der Waals surface area contributed by atoms with Crippen molar-refractivity contribution in [3.05, 3.63) is 65.0 Å². The molecule has 2 N–H and O–H groups in total. The van der Waals surface area contributed by atoms with Crippen LogP contribution in [0.4, 0.5) is 0 Å². The molecular weight excluding hydrogens is 310 g/mol. The second-order valence-electron chi connectivity index (χ2n) is 6.82. The second-order valence-corrected chi connectivity index (χ2v) is 6.82. The summed E-state index contributed by atoms with van der Waals surface area (Å²) in [5.74, 6) is -0.273. The number of primary amides is 1. The number of carbonyl (C=O) groups excluding carboxylic acids is 1. The van der Waals surface area contributed by atoms with E-state index >= 15 is 0 Å². The molecule has 1 unspecified atom stereocenters. The molecule has 1 aromatic heterocycles. The van der Waals surface area contributed by atoms with E-state index in [2.05, 4.69) is 42.2 Å². The van der Waals surface area contributed by atoms with Gasteiger partial charge in [-0.3, -0.25) is 14.7 Å². The molecule has 4 heteroatoms. The topological polar surface area (TPSA) is 59.2 Å². The van der Waals surface area contributed by atoms with E-state index in [-0.39, 0.29) is 5.91 Å². The van der Waals surface area contributed by atoms with Crippen molar-refractivity contribution in [2.24, 2.45) is 5.73 Å². The Morgan fingerprint density at radius 2 is 1.96 bits per heavy atom. The first-order chi connectivity index (χ1) is 12.2. The van der Waals surface area contributed by atoms with Gasteiger partial charge in [-0.25, -0.2) is 0 Å². The van der Waals surface area contributed by atoms with Crippen molar-refractivity contribution in [1.82, 2.24) is 9.88 Å². The van der Waals surface area contributed by atoms with Gasteiger partial charge >= 0.3 is 0 Å². The summed E-state index contributed by atoms with van der Waals surface area (Å²) in [7, 11) is 0. The number of hydrogen-bond acceptors (Lipinski definition) is 3. The summed E-state index contributed by atoms with van der Waals surface area (Å²) in [6.07, 6.45) is 4.39. The summed E-state index contributed by atoms with van der Waals surface area (Å²) in [4.78, 5) is 18.3. The number of aromatic nitrogens is 1. The number of nitrogens with zero attached hydrogens (tertiary/aromatic N) is 2. The lowest BCUT2D eigenvalue weighted by Gasteiger charge is -2.24. The number of nitrogens with two attached hydrogens (primary N) is 1. The molecule has 1 aliphatic heterocycles. The highest BCUT2D eigenvalue weighted by Crippen LogP contribution is 2.32. The average molecular weight is 337 g/mol. The molecule has 2 aromatic rings. The Kier molecular flexibility index (Phi) is 5.82. The maximum absolute atomic E-state index is 11.0. The predicted octanol–water partition coefficient (Wildman–Crippen LogP) is 3.40. The van der Waals surface area contributed by atoms with Crippen LogP contribution in [-0.4, -0.2) is 22.3 Å². The van der Waals surface area contributed by atoms with Gasteiger partial charge in [-0.15, -0.1) is 0 Å². The highest BCUT2D eigenvalue weighted by molar-refractivity contribution is 5.73. The van der Waals surface area contributed by atoms with E-state index in [1.165, 1.54) is 17.5 Å². The molecule has 1 aromatic carbocycles. The number of amides is 1. The molecule has 4 nitrogen and oxygen atoms in total. The fraction of sp³-hybridized carbons (Fsp3) is 0.429. The lowest BCUT2D eigenvalue weighted by molar-refractivity contribution is -0.118. The van der Waals surface area contributed by atoms with Gasteiger partial charge in [0.05, 0.1) is 11.7 Å². The van der Waals surface area contributed by atoms with E-state index in [0.717, 1.165) is 37.3 Å². The average Bonchev–Trinajstić information content (AvgIpc) is 3.09. The minimum Gasteiger partial charge on any atom is -0.370 e. The van der Waals surface area contributed by atoms with E-state index in [9.17, 15) is 4.79 Å². The zero-order chi connectivity index (χ0) is 17.6. The van der Waals surface area contributed by atoms with Crippen LogP contribution in [0.25, 0.3) is 0 Å². The van der Waals surface area contributed by atoms with Crippen LogP contribution in [0.2, 0.25) is 0 Å². The third-order valence-corrected chi connectivity index (χ3v) is 4.98. The Labute approximate surface area is 150 Å². The molecule has 1 aliphatic rings. The largest absolute Gasteiger partial charge is 0.370 e. The molecule has 1 amide bonds. The van der Waals surface area contributed by atoms with Gasteiger partial charge in [0.15, 0.2) is 0 Å². The number of pyridine rings is 1. The van der Waals surface area contributed by atoms with Crippen LogP contribution < -0.4 is 5.73 Å². The molecule has 132 valence electrons. The number of rotatable bonds is 7. The lowest BCUT2D eigenvalue weighted by Crippen LogP contribution is -2.23. The molecule has 0 aliphatic carbocycles. The van der Waals surface area contributed by atoms with Crippen molar-refractivity contribution in [3.8, 4) is 0 Å². The smallest absolute Gasteiger partial charge is 0.217 e. The van der Waals surface area contributed by atoms with Crippen LogP contribution >= 0.6 is 0 Å². The maximum Gasteiger partial charge on any atom is 0.217 e. The predicted molar refractivity (Wildman–Crippen MR) is 100.0 cm³/mol. The Balaban J connectivity index is 1.70. The Morgan fingerprint density at radius 3 is 2.68 bits per heavy atom. The van der Waals surface area contributed by atoms with Gasteiger partial charge in [0, 0.05) is 18.7 Å². The first kappa shape index (κ1) is 17.6. The molecule has 2 heterocycles. The van der Waals surface area contributed by atoms with E-state index in [4.69, 9.17) is 10.7 Å². The van der Waals surface area contributed by atoms with Crippen LogP contribution in [-0.2, 0) is 24.2 Å². The normalized spacial score (nSPS) is 17.7. The minimum absolute atomic E-state index is 0.273. The van der Waals surface area contributed by atoms with Gasteiger partial charge < -0.3 is 5.73 Å². The molecule has 1 saturated heterocycles. The van der Waals surface area contributed by atoms with Gasteiger partial charge in [-0.1, -0.05) is 37.3 Å². The number of aryl methyl sites for hydroxylation is 2. The molecule has 1 fully saturated rings. The molecule has 25 heavy (non-hydrogen) atoms. The monoisotopic (exact) mass is 337 g/mol. The zero-order valence-corrected chi connectivity index (χ0v) is 14.9. The third-order valence-electron chi connectivity index (χ3n) is 4.98. The van der Waals surface area contributed by atoms with Crippen molar-refractivity contribution in [3.63, 3.8) is 0 Å². The molecule has 0 saturated carbocycles. The standard InChI is InChI=1S/C21H27N3O/c1-2-16-8-10-17(11-9-16)15-24-14-4-7-20(24)19-6-3-5-18(23-19)12-13-21(22)25/h3,5-6,8-11,20H,2,4,7,12-15H2,1H3,(H2,22,25). The summed E-state index contributed by atoms with van der Waals surface area (Å²) in [5.41, 5.74) is 10.1. The van der Waals surface area contributed by atoms with Gasteiger partial charge in [-0.05, 0) is 55.5 Å². The molecule has 0 radical (unpaired) electrons. The summed E-state index contributed by atoms with van der Waals surface area (Å²) < 4.78 is 0. The van der Waals surface area contributed by atoms with Crippen molar-refractivity contribution in [2.45, 2.75) is 51.6 Å². The highest BCUT2D eigenvalue weighted by Gasteiger charge is 2.27. The second kappa shape index (κ2) is 8.26. The van der Waals surface area contributed by atoms with E-state index in [1.807, 2.05) is 12.1 Å². The van der Waals surface area contributed by atoms with Gasteiger partial charge in [0.25, 0.3) is 0 Å². The highest BCUT2D eigenvalue weighted by atomic mass is 16.1. The van der Waals surface area contributed by atoms with Crippen molar-refractivity contribution >= 4 is 5.91 Å². The molecular formula is C21H27N3O. The third kappa shape index (κ3) is 4.67. The SMILES string of the molecule is CCc1ccc(CN2CCCC2c2cccc(CCC(N)=O)n2)cc1. The molecule has 0 spiro atoms. The van der Waals surface area contributed by atoms with Crippen LogP contribution in [0, 0.1) is 0 Å². The molecule has 0 bridgehead atoms. The van der Waals surface area contributed by atoms with Crippen LogP contribution in [0.3, 0.4) is 0 Å². The first-order valence-electron chi connectivity index (χ1n) is 9.21. The maximum atomic E-state index is 11.0. The van der Waals surface area contributed by atoms with Crippen LogP contribution in [0.1, 0.15) is 54.7 Å². The van der Waals surface area contributed by atoms with Crippen molar-refractivity contribution in [2.75, 3.05) is 6.54 Å². The summed E-state index contributed by atoms with van der Waals surface area (Å²) in [6, 6.07) is 15.4. The van der Waals surface area contributed by atoms with E-state index in [1.54, 1.807) is 0 Å². The Hall–Kier alpha value is -2.20. The van der Waals surface area contributed by atoms with E-state index in [0.29, 0.717) is 18.9 Å². The van der Waals surface area contributed by atoms with Crippen LogP contribution in [0.5, 0.6) is 0 Å². The zero-order valence-electron chi connectivity index (χ0n) is 14.9. The molecule has 3 rings (SSSR count). The number of hydrogen-bond donors (Lipinski definition) is 1.